The van der Waals surface area contributed by atoms with Crippen molar-refractivity contribution in [2.75, 3.05) is 7.05 Å². The molecule has 4 atom stereocenters. The van der Waals surface area contributed by atoms with Gasteiger partial charge in [0.05, 0.1) is 0 Å². The van der Waals surface area contributed by atoms with Crippen LogP contribution >= 0.6 is 0 Å². The predicted molar refractivity (Wildman–Crippen MR) is 46.3 cm³/mol. The lowest BCUT2D eigenvalue weighted by Crippen LogP contribution is -2.58. The van der Waals surface area contributed by atoms with Crippen LogP contribution in [0.4, 0.5) is 0 Å². The molecule has 0 saturated heterocycles. The molecule has 1 aliphatic carbocycles. The molecule has 1 saturated carbocycles. The summed E-state index contributed by atoms with van der Waals surface area (Å²) in [6.45, 7) is 0. The third-order valence-electron chi connectivity index (χ3n) is 2.15. The van der Waals surface area contributed by atoms with Crippen molar-refractivity contribution in [3.05, 3.63) is 0 Å². The van der Waals surface area contributed by atoms with E-state index < -0.39 is 24.4 Å². The monoisotopic (exact) mass is 189 g/mol. The zero-order valence-electron chi connectivity index (χ0n) is 7.40. The Morgan fingerprint density at radius 1 is 1.62 bits per heavy atom. The maximum absolute atomic E-state index is 9.47. The lowest BCUT2D eigenvalue weighted by atomic mass is 9.87. The van der Waals surface area contributed by atoms with Crippen molar-refractivity contribution < 1.29 is 15.1 Å². The van der Waals surface area contributed by atoms with Crippen LogP contribution in [0.25, 0.3) is 0 Å². The number of aliphatic hydroxyl groups is 2. The highest BCUT2D eigenvalue weighted by Crippen LogP contribution is 2.18. The summed E-state index contributed by atoms with van der Waals surface area (Å²) in [6, 6.07) is -0.460. The van der Waals surface area contributed by atoms with Gasteiger partial charge in [-0.25, -0.2) is 5.48 Å². The molecule has 0 radical (unpaired) electrons. The summed E-state index contributed by atoms with van der Waals surface area (Å²) in [5, 5.41) is 26.1. The molecule has 3 unspecified atom stereocenters. The van der Waals surface area contributed by atoms with Crippen LogP contribution in [0, 0.1) is 5.41 Å². The molecule has 0 bridgehead atoms. The number of nitrogens with two attached hydrogens (primary N) is 1. The van der Waals surface area contributed by atoms with Crippen LogP contribution < -0.4 is 11.2 Å². The fourth-order valence-corrected chi connectivity index (χ4v) is 1.42. The molecule has 13 heavy (non-hydrogen) atoms. The van der Waals surface area contributed by atoms with E-state index in [2.05, 4.69) is 5.48 Å². The number of aliphatic hydroxyl groups excluding tert-OH is 2. The maximum Gasteiger partial charge on any atom is 0.123 e. The highest BCUT2D eigenvalue weighted by molar-refractivity contribution is 5.87. The van der Waals surface area contributed by atoms with E-state index in [-0.39, 0.29) is 12.1 Å². The Hall–Kier alpha value is -0.530. The summed E-state index contributed by atoms with van der Waals surface area (Å²) in [5.74, 6) is 0. The number of rotatable bonds is 2. The molecular weight excluding hydrogens is 174 g/mol. The SMILES string of the molecule is CNO[C@@H]1C(N)CC(=N)C(O)C1O. The van der Waals surface area contributed by atoms with Crippen LogP contribution in [-0.4, -0.2) is 47.3 Å². The molecule has 76 valence electrons. The first-order valence-corrected chi connectivity index (χ1v) is 4.09. The minimum Gasteiger partial charge on any atom is -0.387 e. The van der Waals surface area contributed by atoms with Gasteiger partial charge in [-0.1, -0.05) is 0 Å². The molecule has 0 aromatic heterocycles. The lowest BCUT2D eigenvalue weighted by Gasteiger charge is -2.35. The standard InChI is InChI=1S/C7H15N3O3/c1-10-13-7-4(9)2-3(8)5(11)6(7)12/h4-8,10-12H,2,9H2,1H3/t4?,5?,6?,7-/m1/s1. The zero-order valence-corrected chi connectivity index (χ0v) is 7.40. The Morgan fingerprint density at radius 2 is 2.23 bits per heavy atom. The first-order chi connectivity index (χ1) is 6.07. The number of nitrogens with one attached hydrogen (secondary N) is 2. The van der Waals surface area contributed by atoms with E-state index in [0.29, 0.717) is 0 Å². The minimum atomic E-state index is -1.17. The van der Waals surface area contributed by atoms with E-state index in [1.54, 1.807) is 7.05 Å². The molecule has 1 aliphatic rings. The van der Waals surface area contributed by atoms with E-state index in [9.17, 15) is 10.2 Å². The molecule has 0 amide bonds. The average Bonchev–Trinajstić information content (AvgIpc) is 2.09. The Balaban J connectivity index is 2.67. The largest absolute Gasteiger partial charge is 0.387 e. The molecule has 0 spiro atoms. The van der Waals surface area contributed by atoms with Gasteiger partial charge in [0.15, 0.2) is 0 Å². The van der Waals surface area contributed by atoms with Crippen molar-refractivity contribution in [3.8, 4) is 0 Å². The van der Waals surface area contributed by atoms with Gasteiger partial charge in [0, 0.05) is 25.2 Å². The zero-order chi connectivity index (χ0) is 10.0. The fourth-order valence-electron chi connectivity index (χ4n) is 1.42. The van der Waals surface area contributed by atoms with Crippen LogP contribution in [0.5, 0.6) is 0 Å². The molecule has 0 aromatic carbocycles. The summed E-state index contributed by atoms with van der Waals surface area (Å²) in [5.41, 5.74) is 8.10. The lowest BCUT2D eigenvalue weighted by molar-refractivity contribution is -0.120. The topological polar surface area (TPSA) is 112 Å². The van der Waals surface area contributed by atoms with Crippen LogP contribution in [-0.2, 0) is 4.84 Å². The predicted octanol–water partition coefficient (Wildman–Crippen LogP) is -2.02. The molecule has 6 heteroatoms. The third kappa shape index (κ3) is 2.04. The Morgan fingerprint density at radius 3 is 2.77 bits per heavy atom. The molecule has 1 rings (SSSR count). The van der Waals surface area contributed by atoms with Gasteiger partial charge in [-0.2, -0.15) is 0 Å². The van der Waals surface area contributed by atoms with Crippen molar-refractivity contribution in [2.45, 2.75) is 30.8 Å². The molecule has 0 aliphatic heterocycles. The van der Waals surface area contributed by atoms with Crippen LogP contribution in [0.2, 0.25) is 0 Å². The van der Waals surface area contributed by atoms with E-state index >= 15 is 0 Å². The summed E-state index contributed by atoms with van der Waals surface area (Å²) in [4.78, 5) is 4.94. The van der Waals surface area contributed by atoms with Crippen molar-refractivity contribution >= 4 is 5.71 Å². The van der Waals surface area contributed by atoms with Gasteiger partial charge in [0.25, 0.3) is 0 Å². The highest BCUT2D eigenvalue weighted by Gasteiger charge is 2.40. The van der Waals surface area contributed by atoms with Crippen molar-refractivity contribution in [1.29, 1.82) is 5.41 Å². The highest BCUT2D eigenvalue weighted by atomic mass is 16.7. The van der Waals surface area contributed by atoms with Gasteiger partial charge in [-0.3, -0.25) is 4.84 Å². The Labute approximate surface area is 76.2 Å². The molecule has 6 N–H and O–H groups in total. The molecule has 1 fully saturated rings. The molecule has 6 nitrogen and oxygen atoms in total. The first kappa shape index (κ1) is 10.6. The Bertz CT molecular complexity index is 199. The van der Waals surface area contributed by atoms with Gasteiger partial charge in [0.1, 0.15) is 18.3 Å². The third-order valence-corrected chi connectivity index (χ3v) is 2.15. The van der Waals surface area contributed by atoms with Gasteiger partial charge >= 0.3 is 0 Å². The second-order valence-corrected chi connectivity index (χ2v) is 3.12. The van der Waals surface area contributed by atoms with Crippen molar-refractivity contribution in [1.82, 2.24) is 5.48 Å². The summed E-state index contributed by atoms with van der Waals surface area (Å²) < 4.78 is 0. The summed E-state index contributed by atoms with van der Waals surface area (Å²) >= 11 is 0. The van der Waals surface area contributed by atoms with E-state index in [1.165, 1.54) is 0 Å². The Kier molecular flexibility index (Phi) is 3.34. The summed E-state index contributed by atoms with van der Waals surface area (Å²) in [6.07, 6.45) is -2.74. The quantitative estimate of drug-likeness (QED) is 0.322. The van der Waals surface area contributed by atoms with Crippen LogP contribution in [0.1, 0.15) is 6.42 Å². The normalized spacial score (nSPS) is 40.8. The van der Waals surface area contributed by atoms with Crippen molar-refractivity contribution in [2.24, 2.45) is 5.73 Å². The van der Waals surface area contributed by atoms with Gasteiger partial charge in [-0.15, -0.1) is 0 Å². The number of hydroxylamine groups is 1. The van der Waals surface area contributed by atoms with E-state index in [1.807, 2.05) is 0 Å². The number of hydrogen-bond donors (Lipinski definition) is 5. The average molecular weight is 189 g/mol. The first-order valence-electron chi connectivity index (χ1n) is 4.09. The summed E-state index contributed by atoms with van der Waals surface area (Å²) in [7, 11) is 1.55. The van der Waals surface area contributed by atoms with Gasteiger partial charge in [0.2, 0.25) is 0 Å². The maximum atomic E-state index is 9.47. The molecule has 0 aromatic rings. The van der Waals surface area contributed by atoms with Crippen LogP contribution in [0.15, 0.2) is 0 Å². The van der Waals surface area contributed by atoms with Gasteiger partial charge < -0.3 is 21.4 Å². The van der Waals surface area contributed by atoms with Crippen molar-refractivity contribution in [3.63, 3.8) is 0 Å². The fraction of sp³-hybridized carbons (Fsp3) is 0.857. The van der Waals surface area contributed by atoms with E-state index in [0.717, 1.165) is 0 Å². The minimum absolute atomic E-state index is 0.0518. The second-order valence-electron chi connectivity index (χ2n) is 3.12. The second kappa shape index (κ2) is 4.12. The van der Waals surface area contributed by atoms with Gasteiger partial charge in [-0.05, 0) is 0 Å². The number of hydrogen-bond acceptors (Lipinski definition) is 6. The van der Waals surface area contributed by atoms with Crippen LogP contribution in [0.3, 0.4) is 0 Å². The van der Waals surface area contributed by atoms with E-state index in [4.69, 9.17) is 16.0 Å². The molecule has 0 heterocycles. The molecular formula is C7H15N3O3. The smallest absolute Gasteiger partial charge is 0.123 e.